The smallest absolute Gasteiger partial charge is 0.0992 e. The highest BCUT2D eigenvalue weighted by Gasteiger charge is 2.13. The number of rotatable bonds is 4. The van der Waals surface area contributed by atoms with Gasteiger partial charge in [-0.25, -0.2) is 0 Å². The molecular weight excluding hydrogens is 336 g/mol. The normalized spacial score (nSPS) is 11.9. The average Bonchev–Trinajstić information content (AvgIpc) is 2.83. The molecule has 0 bridgehead atoms. The van der Waals surface area contributed by atoms with Crippen LogP contribution in [-0.4, -0.2) is 12.2 Å². The first-order valence-electron chi connectivity index (χ1n) is 6.17. The molecule has 104 valence electrons. The van der Waals surface area contributed by atoms with Gasteiger partial charge in [-0.15, -0.1) is 11.3 Å². The Hall–Kier alpha value is -1.35. The first-order chi connectivity index (χ1) is 9.51. The van der Waals surface area contributed by atoms with Crippen molar-refractivity contribution < 1.29 is 5.11 Å². The Kier molecular flexibility index (Phi) is 4.81. The van der Waals surface area contributed by atoms with Crippen LogP contribution in [0.2, 0.25) is 0 Å². The summed E-state index contributed by atoms with van der Waals surface area (Å²) in [5.74, 6) is 0. The molecule has 0 aliphatic carbocycles. The lowest BCUT2D eigenvalue weighted by Crippen LogP contribution is -2.18. The molecule has 0 aliphatic heterocycles. The molecule has 2 aromatic rings. The maximum absolute atomic E-state index is 9.87. The summed E-state index contributed by atoms with van der Waals surface area (Å²) < 4.78 is 1.08. The molecule has 1 heterocycles. The molecule has 2 rings (SSSR count). The van der Waals surface area contributed by atoms with Crippen molar-refractivity contribution in [2.24, 2.45) is 0 Å². The van der Waals surface area contributed by atoms with E-state index in [1.165, 1.54) is 4.88 Å². The van der Waals surface area contributed by atoms with Gasteiger partial charge >= 0.3 is 0 Å². The minimum atomic E-state index is -0.560. The van der Waals surface area contributed by atoms with Crippen molar-refractivity contribution in [1.29, 1.82) is 5.26 Å². The second-order valence-electron chi connectivity index (χ2n) is 4.65. The van der Waals surface area contributed by atoms with E-state index in [1.54, 1.807) is 24.3 Å². The van der Waals surface area contributed by atoms with Crippen molar-refractivity contribution in [3.8, 4) is 6.07 Å². The monoisotopic (exact) mass is 350 g/mol. The third-order valence-electron chi connectivity index (χ3n) is 3.04. The number of hydrogen-bond acceptors (Lipinski definition) is 4. The highest BCUT2D eigenvalue weighted by atomic mass is 79.9. The van der Waals surface area contributed by atoms with E-state index in [0.717, 1.165) is 22.3 Å². The van der Waals surface area contributed by atoms with E-state index in [1.807, 2.05) is 24.6 Å². The quantitative estimate of drug-likeness (QED) is 0.903. The molecule has 0 aliphatic rings. The summed E-state index contributed by atoms with van der Waals surface area (Å²) in [6, 6.07) is 9.60. The standard InChI is InChI=1S/C15H15BrN2OS/c1-10(19)14-4-3-11(7-17)5-15(14)18(2)8-13-6-12(16)9-20-13/h3-6,9-10,19H,8H2,1-2H3. The minimum absolute atomic E-state index is 0.560. The first-order valence-corrected chi connectivity index (χ1v) is 7.84. The van der Waals surface area contributed by atoms with E-state index in [2.05, 4.69) is 33.0 Å². The van der Waals surface area contributed by atoms with Crippen LogP contribution in [0.25, 0.3) is 0 Å². The van der Waals surface area contributed by atoms with E-state index < -0.39 is 6.10 Å². The highest BCUT2D eigenvalue weighted by Crippen LogP contribution is 2.29. The predicted octanol–water partition coefficient (Wildman–Crippen LogP) is 4.07. The van der Waals surface area contributed by atoms with Gasteiger partial charge in [-0.3, -0.25) is 0 Å². The van der Waals surface area contributed by atoms with Crippen molar-refractivity contribution in [1.82, 2.24) is 0 Å². The number of nitrogens with zero attached hydrogens (tertiary/aromatic N) is 2. The van der Waals surface area contributed by atoms with Gasteiger partial charge in [0.2, 0.25) is 0 Å². The summed E-state index contributed by atoms with van der Waals surface area (Å²) in [5, 5.41) is 21.0. The van der Waals surface area contributed by atoms with Crippen LogP contribution < -0.4 is 4.90 Å². The number of anilines is 1. The van der Waals surface area contributed by atoms with Crippen LogP contribution in [0.4, 0.5) is 5.69 Å². The van der Waals surface area contributed by atoms with Crippen LogP contribution in [0, 0.1) is 11.3 Å². The summed E-state index contributed by atoms with van der Waals surface area (Å²) in [6.45, 7) is 2.48. The van der Waals surface area contributed by atoms with Gasteiger partial charge in [-0.05, 0) is 41.1 Å². The number of benzene rings is 1. The second kappa shape index (κ2) is 6.40. The summed E-state index contributed by atoms with van der Waals surface area (Å²) >= 11 is 5.13. The fourth-order valence-electron chi connectivity index (χ4n) is 2.05. The molecule has 0 radical (unpaired) electrons. The molecule has 5 heteroatoms. The number of nitriles is 1. The lowest BCUT2D eigenvalue weighted by Gasteiger charge is -2.23. The number of hydrogen-bond donors (Lipinski definition) is 1. The largest absolute Gasteiger partial charge is 0.389 e. The summed E-state index contributed by atoms with van der Waals surface area (Å²) in [5.41, 5.74) is 2.33. The molecule has 1 atom stereocenters. The second-order valence-corrected chi connectivity index (χ2v) is 6.56. The van der Waals surface area contributed by atoms with Gasteiger partial charge in [0.15, 0.2) is 0 Å². The Morgan fingerprint density at radius 3 is 2.75 bits per heavy atom. The Bertz CT molecular complexity index is 646. The number of thiophene rings is 1. The van der Waals surface area contributed by atoms with Gasteiger partial charge < -0.3 is 10.0 Å². The Morgan fingerprint density at radius 1 is 1.45 bits per heavy atom. The Morgan fingerprint density at radius 2 is 2.20 bits per heavy atom. The summed E-state index contributed by atoms with van der Waals surface area (Å²) in [4.78, 5) is 3.28. The van der Waals surface area contributed by atoms with Gasteiger partial charge in [0.1, 0.15) is 0 Å². The van der Waals surface area contributed by atoms with Crippen LogP contribution in [-0.2, 0) is 6.54 Å². The number of aliphatic hydroxyl groups is 1. The molecule has 1 aromatic heterocycles. The molecule has 1 N–H and O–H groups in total. The molecule has 0 fully saturated rings. The molecule has 3 nitrogen and oxygen atoms in total. The van der Waals surface area contributed by atoms with Crippen molar-refractivity contribution >= 4 is 33.0 Å². The van der Waals surface area contributed by atoms with E-state index in [4.69, 9.17) is 5.26 Å². The van der Waals surface area contributed by atoms with E-state index >= 15 is 0 Å². The lowest BCUT2D eigenvalue weighted by atomic mass is 10.0. The molecule has 20 heavy (non-hydrogen) atoms. The predicted molar refractivity (Wildman–Crippen MR) is 85.9 cm³/mol. The third-order valence-corrected chi connectivity index (χ3v) is 4.72. The molecule has 0 saturated carbocycles. The fourth-order valence-corrected chi connectivity index (χ4v) is 3.56. The van der Waals surface area contributed by atoms with Crippen molar-refractivity contribution in [3.05, 3.63) is 50.1 Å². The van der Waals surface area contributed by atoms with Crippen molar-refractivity contribution in [2.75, 3.05) is 11.9 Å². The topological polar surface area (TPSA) is 47.3 Å². The van der Waals surface area contributed by atoms with Gasteiger partial charge in [-0.1, -0.05) is 6.07 Å². The zero-order valence-electron chi connectivity index (χ0n) is 11.3. The molecule has 1 unspecified atom stereocenters. The zero-order chi connectivity index (χ0) is 14.7. The summed E-state index contributed by atoms with van der Waals surface area (Å²) in [6.07, 6.45) is -0.560. The molecular formula is C15H15BrN2OS. The number of aliphatic hydroxyl groups excluding tert-OH is 1. The average molecular weight is 351 g/mol. The van der Waals surface area contributed by atoms with Gasteiger partial charge in [0.25, 0.3) is 0 Å². The van der Waals surface area contributed by atoms with Crippen molar-refractivity contribution in [2.45, 2.75) is 19.6 Å². The van der Waals surface area contributed by atoms with Crippen LogP contribution >= 0.6 is 27.3 Å². The maximum atomic E-state index is 9.87. The number of halogens is 1. The highest BCUT2D eigenvalue weighted by molar-refractivity contribution is 9.10. The summed E-state index contributed by atoms with van der Waals surface area (Å²) in [7, 11) is 1.97. The van der Waals surface area contributed by atoms with Crippen LogP contribution in [0.5, 0.6) is 0 Å². The lowest BCUT2D eigenvalue weighted by molar-refractivity contribution is 0.199. The molecule has 1 aromatic carbocycles. The zero-order valence-corrected chi connectivity index (χ0v) is 13.7. The fraction of sp³-hybridized carbons (Fsp3) is 0.267. The SMILES string of the molecule is CC(O)c1ccc(C#N)cc1N(C)Cc1cc(Br)cs1. The van der Waals surface area contributed by atoms with Crippen LogP contribution in [0.15, 0.2) is 34.1 Å². The third kappa shape index (κ3) is 3.40. The van der Waals surface area contributed by atoms with E-state index in [-0.39, 0.29) is 0 Å². The molecule has 0 saturated heterocycles. The maximum Gasteiger partial charge on any atom is 0.0992 e. The first kappa shape index (κ1) is 15.0. The van der Waals surface area contributed by atoms with E-state index in [0.29, 0.717) is 5.56 Å². The van der Waals surface area contributed by atoms with Gasteiger partial charge in [0.05, 0.1) is 24.3 Å². The molecule has 0 spiro atoms. The Labute approximate surface area is 131 Å². The van der Waals surface area contributed by atoms with Gasteiger partial charge in [0, 0.05) is 33.0 Å². The minimum Gasteiger partial charge on any atom is -0.389 e. The van der Waals surface area contributed by atoms with Crippen LogP contribution in [0.1, 0.15) is 29.0 Å². The Balaban J connectivity index is 2.32. The van der Waals surface area contributed by atoms with Crippen LogP contribution in [0.3, 0.4) is 0 Å². The molecule has 0 amide bonds. The van der Waals surface area contributed by atoms with E-state index in [9.17, 15) is 5.11 Å². The van der Waals surface area contributed by atoms with Crippen molar-refractivity contribution in [3.63, 3.8) is 0 Å². The van der Waals surface area contributed by atoms with Gasteiger partial charge in [-0.2, -0.15) is 5.26 Å².